The lowest BCUT2D eigenvalue weighted by molar-refractivity contribution is 0.0913. The number of carbonyl (C=O) groups is 1. The summed E-state index contributed by atoms with van der Waals surface area (Å²) in [4.78, 5) is 16.7. The molecule has 0 aliphatic carbocycles. The second-order valence-corrected chi connectivity index (χ2v) is 7.79. The van der Waals surface area contributed by atoms with Crippen LogP contribution < -0.4 is 15.1 Å². The summed E-state index contributed by atoms with van der Waals surface area (Å²) in [5.74, 6) is 0.627. The summed E-state index contributed by atoms with van der Waals surface area (Å²) < 4.78 is 0. The molecule has 0 atom stereocenters. The normalized spacial score (nSPS) is 15.1. The molecule has 1 aliphatic heterocycles. The van der Waals surface area contributed by atoms with Gasteiger partial charge in [-0.05, 0) is 57.5 Å². The predicted octanol–water partition coefficient (Wildman–Crippen LogP) is 2.64. The second-order valence-electron chi connectivity index (χ2n) is 7.79. The Bertz CT molecular complexity index is 759. The van der Waals surface area contributed by atoms with Crippen molar-refractivity contribution >= 4 is 17.4 Å². The summed E-state index contributed by atoms with van der Waals surface area (Å²) in [5.41, 5.74) is 2.61. The first-order chi connectivity index (χ1) is 12.3. The molecule has 1 N–H and O–H groups in total. The fraction of sp³-hybridized carbons (Fsp3) is 0.450. The van der Waals surface area contributed by atoms with E-state index in [2.05, 4.69) is 56.5 Å². The lowest BCUT2D eigenvalue weighted by atomic mass is 10.1. The van der Waals surface area contributed by atoms with E-state index in [9.17, 15) is 4.79 Å². The maximum Gasteiger partial charge on any atom is 0.272 e. The monoisotopic (exact) mass is 353 g/mol. The van der Waals surface area contributed by atoms with Crippen LogP contribution in [0, 0.1) is 6.92 Å². The molecule has 1 saturated heterocycles. The SMILES string of the molecule is Cc1cccc(N2CCN(c3ccc(C(=O)NC(C)(C)C)nn3)CC2)c1. The molecule has 6 heteroatoms. The highest BCUT2D eigenvalue weighted by atomic mass is 16.2. The van der Waals surface area contributed by atoms with E-state index in [0.717, 1.165) is 32.0 Å². The zero-order valence-corrected chi connectivity index (χ0v) is 16.0. The van der Waals surface area contributed by atoms with Crippen molar-refractivity contribution < 1.29 is 4.79 Å². The van der Waals surface area contributed by atoms with Gasteiger partial charge in [0.25, 0.3) is 5.91 Å². The van der Waals surface area contributed by atoms with Gasteiger partial charge in [0.15, 0.2) is 11.5 Å². The zero-order chi connectivity index (χ0) is 18.7. The average Bonchev–Trinajstić information content (AvgIpc) is 2.61. The number of anilines is 2. The van der Waals surface area contributed by atoms with Crippen molar-refractivity contribution in [1.29, 1.82) is 0 Å². The molecule has 0 bridgehead atoms. The van der Waals surface area contributed by atoms with Gasteiger partial charge in [0.1, 0.15) is 0 Å². The van der Waals surface area contributed by atoms with E-state index in [0.29, 0.717) is 5.69 Å². The molecule has 0 unspecified atom stereocenters. The summed E-state index contributed by atoms with van der Waals surface area (Å²) >= 11 is 0. The third-order valence-corrected chi connectivity index (χ3v) is 4.34. The highest BCUT2D eigenvalue weighted by Crippen LogP contribution is 2.20. The molecular formula is C20H27N5O. The van der Waals surface area contributed by atoms with Gasteiger partial charge >= 0.3 is 0 Å². The van der Waals surface area contributed by atoms with Crippen molar-refractivity contribution in [2.45, 2.75) is 33.2 Å². The van der Waals surface area contributed by atoms with Crippen molar-refractivity contribution in [3.8, 4) is 0 Å². The number of rotatable bonds is 3. The first-order valence-electron chi connectivity index (χ1n) is 9.05. The third-order valence-electron chi connectivity index (χ3n) is 4.34. The van der Waals surface area contributed by atoms with Gasteiger partial charge in [-0.1, -0.05) is 12.1 Å². The van der Waals surface area contributed by atoms with E-state index >= 15 is 0 Å². The number of amides is 1. The van der Waals surface area contributed by atoms with Crippen LogP contribution in [-0.4, -0.2) is 47.8 Å². The fourth-order valence-electron chi connectivity index (χ4n) is 3.04. The van der Waals surface area contributed by atoms with Gasteiger partial charge < -0.3 is 15.1 Å². The first kappa shape index (κ1) is 18.2. The van der Waals surface area contributed by atoms with Crippen LogP contribution in [0.1, 0.15) is 36.8 Å². The van der Waals surface area contributed by atoms with Crippen molar-refractivity contribution in [3.63, 3.8) is 0 Å². The van der Waals surface area contributed by atoms with Gasteiger partial charge in [-0.25, -0.2) is 0 Å². The Hall–Kier alpha value is -2.63. The second kappa shape index (κ2) is 7.32. The molecule has 1 fully saturated rings. The first-order valence-corrected chi connectivity index (χ1v) is 9.05. The van der Waals surface area contributed by atoms with Gasteiger partial charge in [-0.2, -0.15) is 0 Å². The van der Waals surface area contributed by atoms with Crippen molar-refractivity contribution in [2.24, 2.45) is 0 Å². The van der Waals surface area contributed by atoms with Crippen LogP contribution in [-0.2, 0) is 0 Å². The highest BCUT2D eigenvalue weighted by Gasteiger charge is 2.20. The van der Waals surface area contributed by atoms with E-state index in [1.807, 2.05) is 26.8 Å². The lowest BCUT2D eigenvalue weighted by Crippen LogP contribution is -2.47. The van der Waals surface area contributed by atoms with E-state index < -0.39 is 0 Å². The van der Waals surface area contributed by atoms with Gasteiger partial charge in [0.2, 0.25) is 0 Å². The Morgan fingerprint density at radius 2 is 1.69 bits per heavy atom. The van der Waals surface area contributed by atoms with Crippen LogP contribution in [0.4, 0.5) is 11.5 Å². The smallest absolute Gasteiger partial charge is 0.272 e. The maximum absolute atomic E-state index is 12.1. The number of aromatic nitrogens is 2. The third kappa shape index (κ3) is 4.50. The Morgan fingerprint density at radius 1 is 1.00 bits per heavy atom. The number of piperazine rings is 1. The van der Waals surface area contributed by atoms with Crippen LogP contribution in [0.15, 0.2) is 36.4 Å². The maximum atomic E-state index is 12.1. The summed E-state index contributed by atoms with van der Waals surface area (Å²) in [6.07, 6.45) is 0. The number of hydrogen-bond acceptors (Lipinski definition) is 5. The van der Waals surface area contributed by atoms with E-state index in [1.54, 1.807) is 6.07 Å². The van der Waals surface area contributed by atoms with E-state index in [4.69, 9.17) is 0 Å². The Kier molecular flexibility index (Phi) is 5.11. The topological polar surface area (TPSA) is 61.4 Å². The minimum absolute atomic E-state index is 0.194. The quantitative estimate of drug-likeness (QED) is 0.919. The molecule has 0 spiro atoms. The van der Waals surface area contributed by atoms with E-state index in [-0.39, 0.29) is 11.4 Å². The fourth-order valence-corrected chi connectivity index (χ4v) is 3.04. The standard InChI is InChI=1S/C20H27N5O/c1-15-6-5-7-16(14-15)24-10-12-25(13-11-24)18-9-8-17(22-23-18)19(26)21-20(2,3)4/h5-9,14H,10-13H2,1-4H3,(H,21,26). The predicted molar refractivity (Wildman–Crippen MR) is 105 cm³/mol. The molecule has 1 aliphatic rings. The Morgan fingerprint density at radius 3 is 2.27 bits per heavy atom. The Labute approximate surface area is 155 Å². The zero-order valence-electron chi connectivity index (χ0n) is 16.0. The van der Waals surface area contributed by atoms with Crippen molar-refractivity contribution in [1.82, 2.24) is 15.5 Å². The van der Waals surface area contributed by atoms with Gasteiger partial charge in [0.05, 0.1) is 0 Å². The highest BCUT2D eigenvalue weighted by molar-refractivity contribution is 5.92. The molecule has 6 nitrogen and oxygen atoms in total. The lowest BCUT2D eigenvalue weighted by Gasteiger charge is -2.36. The van der Waals surface area contributed by atoms with Crippen molar-refractivity contribution in [3.05, 3.63) is 47.7 Å². The number of nitrogens with one attached hydrogen (secondary N) is 1. The van der Waals surface area contributed by atoms with Gasteiger partial charge in [0, 0.05) is 37.4 Å². The van der Waals surface area contributed by atoms with Crippen LogP contribution >= 0.6 is 0 Å². The molecule has 0 radical (unpaired) electrons. The largest absolute Gasteiger partial charge is 0.368 e. The molecule has 1 aromatic heterocycles. The summed E-state index contributed by atoms with van der Waals surface area (Å²) in [5, 5.41) is 11.3. The van der Waals surface area contributed by atoms with Gasteiger partial charge in [-0.15, -0.1) is 10.2 Å². The number of benzene rings is 1. The molecule has 2 heterocycles. The van der Waals surface area contributed by atoms with Gasteiger partial charge in [-0.3, -0.25) is 4.79 Å². The molecular weight excluding hydrogens is 326 g/mol. The van der Waals surface area contributed by atoms with Crippen molar-refractivity contribution in [2.75, 3.05) is 36.0 Å². The minimum atomic E-state index is -0.288. The van der Waals surface area contributed by atoms with Crippen LogP contribution in [0.5, 0.6) is 0 Å². The van der Waals surface area contributed by atoms with Crippen LogP contribution in [0.3, 0.4) is 0 Å². The molecule has 26 heavy (non-hydrogen) atoms. The molecule has 1 amide bonds. The summed E-state index contributed by atoms with van der Waals surface area (Å²) in [7, 11) is 0. The number of aryl methyl sites for hydroxylation is 1. The summed E-state index contributed by atoms with van der Waals surface area (Å²) in [6.45, 7) is 11.6. The molecule has 0 saturated carbocycles. The minimum Gasteiger partial charge on any atom is -0.368 e. The summed E-state index contributed by atoms with van der Waals surface area (Å²) in [6, 6.07) is 12.2. The average molecular weight is 353 g/mol. The number of carbonyl (C=O) groups excluding carboxylic acids is 1. The molecule has 3 rings (SSSR count). The van der Waals surface area contributed by atoms with Crippen LogP contribution in [0.2, 0.25) is 0 Å². The Balaban J connectivity index is 1.60. The number of hydrogen-bond donors (Lipinski definition) is 1. The number of nitrogens with zero attached hydrogens (tertiary/aromatic N) is 4. The van der Waals surface area contributed by atoms with Crippen LogP contribution in [0.25, 0.3) is 0 Å². The molecule has 138 valence electrons. The molecule has 1 aromatic carbocycles. The molecule has 2 aromatic rings. The van der Waals surface area contributed by atoms with E-state index in [1.165, 1.54) is 11.3 Å².